The van der Waals surface area contributed by atoms with Crippen molar-refractivity contribution in [1.29, 1.82) is 0 Å². The molecule has 1 rings (SSSR count). The summed E-state index contributed by atoms with van der Waals surface area (Å²) < 4.78 is 0. The first-order valence-electron chi connectivity index (χ1n) is 9.54. The number of rotatable bonds is 14. The van der Waals surface area contributed by atoms with Gasteiger partial charge < -0.3 is 10.1 Å². The highest BCUT2D eigenvalue weighted by atomic mass is 16.2. The zero-order chi connectivity index (χ0) is 17.5. The summed E-state index contributed by atoms with van der Waals surface area (Å²) in [5, 5.41) is 2.83. The summed E-state index contributed by atoms with van der Waals surface area (Å²) in [6.07, 6.45) is 13.1. The van der Waals surface area contributed by atoms with Gasteiger partial charge in [0.25, 0.3) is 0 Å². The van der Waals surface area contributed by atoms with Gasteiger partial charge in [-0.15, -0.1) is 0 Å². The quantitative estimate of drug-likeness (QED) is 0.392. The maximum absolute atomic E-state index is 11.9. The molecule has 3 heteroatoms. The highest BCUT2D eigenvalue weighted by molar-refractivity contribution is 5.79. The molecule has 0 unspecified atom stereocenters. The first kappa shape index (κ1) is 20.4. The Bertz CT molecular complexity index is 444. The Morgan fingerprint density at radius 2 is 1.54 bits per heavy atom. The van der Waals surface area contributed by atoms with Gasteiger partial charge in [0.1, 0.15) is 6.29 Å². The van der Waals surface area contributed by atoms with Crippen LogP contribution in [0.1, 0.15) is 76.7 Å². The van der Waals surface area contributed by atoms with E-state index in [-0.39, 0.29) is 5.91 Å². The van der Waals surface area contributed by atoms with Gasteiger partial charge in [-0.05, 0) is 18.4 Å². The molecular weight excluding hydrogens is 298 g/mol. The van der Waals surface area contributed by atoms with Crippen LogP contribution in [0.3, 0.4) is 0 Å². The number of unbranched alkanes of at least 4 members (excludes halogenated alkanes) is 8. The molecule has 134 valence electrons. The van der Waals surface area contributed by atoms with Crippen molar-refractivity contribution in [2.45, 2.75) is 83.6 Å². The summed E-state index contributed by atoms with van der Waals surface area (Å²) in [5.41, 5.74) is 1.07. The second-order valence-electron chi connectivity index (χ2n) is 6.58. The molecule has 1 N–H and O–H groups in total. The van der Waals surface area contributed by atoms with Gasteiger partial charge in [-0.25, -0.2) is 0 Å². The maximum Gasteiger partial charge on any atom is 0.220 e. The minimum Gasteiger partial charge on any atom is -0.346 e. The summed E-state index contributed by atoms with van der Waals surface area (Å²) in [5.74, 6) is -0.00835. The molecule has 1 amide bonds. The van der Waals surface area contributed by atoms with Crippen molar-refractivity contribution in [1.82, 2.24) is 5.32 Å². The van der Waals surface area contributed by atoms with Gasteiger partial charge in [0.05, 0.1) is 6.04 Å². The van der Waals surface area contributed by atoms with Crippen LogP contribution in [0.15, 0.2) is 30.3 Å². The van der Waals surface area contributed by atoms with Crippen molar-refractivity contribution in [3.05, 3.63) is 35.9 Å². The number of nitrogens with one attached hydrogen (secondary N) is 1. The molecule has 24 heavy (non-hydrogen) atoms. The third kappa shape index (κ3) is 10.2. The lowest BCUT2D eigenvalue weighted by Crippen LogP contribution is -2.37. The van der Waals surface area contributed by atoms with Crippen LogP contribution < -0.4 is 5.32 Å². The molecule has 0 aliphatic carbocycles. The maximum atomic E-state index is 11.9. The summed E-state index contributed by atoms with van der Waals surface area (Å²) in [4.78, 5) is 23.1. The highest BCUT2D eigenvalue weighted by Crippen LogP contribution is 2.10. The van der Waals surface area contributed by atoms with E-state index in [1.807, 2.05) is 30.3 Å². The van der Waals surface area contributed by atoms with Crippen molar-refractivity contribution < 1.29 is 9.59 Å². The normalized spacial score (nSPS) is 11.9. The van der Waals surface area contributed by atoms with Crippen LogP contribution in [0.4, 0.5) is 0 Å². The summed E-state index contributed by atoms with van der Waals surface area (Å²) in [6, 6.07) is 9.37. The molecule has 3 nitrogen and oxygen atoms in total. The van der Waals surface area contributed by atoms with Crippen molar-refractivity contribution in [3.8, 4) is 0 Å². The van der Waals surface area contributed by atoms with Crippen LogP contribution in [0.25, 0.3) is 0 Å². The summed E-state index contributed by atoms with van der Waals surface area (Å²) in [7, 11) is 0. The molecule has 0 radical (unpaired) electrons. The first-order valence-corrected chi connectivity index (χ1v) is 9.54. The van der Waals surface area contributed by atoms with E-state index < -0.39 is 6.04 Å². The number of benzene rings is 1. The van der Waals surface area contributed by atoms with Crippen molar-refractivity contribution in [2.24, 2.45) is 0 Å². The predicted octanol–water partition coefficient (Wildman–Crippen LogP) is 4.83. The lowest BCUT2D eigenvalue weighted by atomic mass is 10.1. The SMILES string of the molecule is CCCCCCCCCCCC(=O)N[C@H](C=O)Cc1ccccc1. The van der Waals surface area contributed by atoms with Gasteiger partial charge in [-0.1, -0.05) is 88.6 Å². The third-order valence-electron chi connectivity index (χ3n) is 4.32. The Kier molecular flexibility index (Phi) is 11.7. The third-order valence-corrected chi connectivity index (χ3v) is 4.32. The molecule has 0 fully saturated rings. The first-order chi connectivity index (χ1) is 11.8. The molecule has 0 saturated heterocycles. The molecule has 0 heterocycles. The number of carbonyl (C=O) groups is 2. The monoisotopic (exact) mass is 331 g/mol. The van der Waals surface area contributed by atoms with Gasteiger partial charge in [0.2, 0.25) is 5.91 Å². The zero-order valence-corrected chi connectivity index (χ0v) is 15.1. The van der Waals surface area contributed by atoms with Crippen LogP contribution in [0, 0.1) is 0 Å². The van der Waals surface area contributed by atoms with Crippen LogP contribution in [-0.2, 0) is 16.0 Å². The largest absolute Gasteiger partial charge is 0.346 e. The molecule has 0 aromatic heterocycles. The molecular formula is C21H33NO2. The second-order valence-corrected chi connectivity index (χ2v) is 6.58. The summed E-state index contributed by atoms with van der Waals surface area (Å²) >= 11 is 0. The van der Waals surface area contributed by atoms with Gasteiger partial charge in [-0.3, -0.25) is 4.79 Å². The second kappa shape index (κ2) is 13.8. The van der Waals surface area contributed by atoms with E-state index in [2.05, 4.69) is 12.2 Å². The Morgan fingerprint density at radius 1 is 0.958 bits per heavy atom. The molecule has 1 atom stereocenters. The van der Waals surface area contributed by atoms with E-state index in [1.54, 1.807) is 0 Å². The van der Waals surface area contributed by atoms with Crippen molar-refractivity contribution >= 4 is 12.2 Å². The fraction of sp³-hybridized carbons (Fsp3) is 0.619. The molecule has 0 bridgehead atoms. The van der Waals surface area contributed by atoms with Gasteiger partial charge >= 0.3 is 0 Å². The predicted molar refractivity (Wildman–Crippen MR) is 100.0 cm³/mol. The van der Waals surface area contributed by atoms with E-state index in [0.717, 1.165) is 24.7 Å². The fourth-order valence-corrected chi connectivity index (χ4v) is 2.88. The van der Waals surface area contributed by atoms with E-state index in [9.17, 15) is 9.59 Å². The molecule has 0 spiro atoms. The fourth-order valence-electron chi connectivity index (χ4n) is 2.88. The number of carbonyl (C=O) groups excluding carboxylic acids is 2. The Hall–Kier alpha value is -1.64. The average molecular weight is 332 g/mol. The molecule has 1 aromatic rings. The van der Waals surface area contributed by atoms with Crippen LogP contribution >= 0.6 is 0 Å². The standard InChI is InChI=1S/C21H33NO2/c1-2-3-4-5-6-7-8-9-13-16-21(24)22-20(18-23)17-19-14-11-10-12-15-19/h10-12,14-15,18,20H,2-9,13,16-17H2,1H3,(H,22,24)/t20-/m0/s1. The van der Waals surface area contributed by atoms with E-state index in [0.29, 0.717) is 12.8 Å². The lowest BCUT2D eigenvalue weighted by molar-refractivity contribution is -0.124. The van der Waals surface area contributed by atoms with Gasteiger partial charge in [0.15, 0.2) is 0 Å². The van der Waals surface area contributed by atoms with Crippen LogP contribution in [-0.4, -0.2) is 18.2 Å². The molecule has 0 saturated carbocycles. The van der Waals surface area contributed by atoms with Gasteiger partial charge in [-0.2, -0.15) is 0 Å². The minimum absolute atomic E-state index is 0.00835. The van der Waals surface area contributed by atoms with E-state index in [1.165, 1.54) is 44.9 Å². The Labute approximate surface area is 147 Å². The van der Waals surface area contributed by atoms with Crippen molar-refractivity contribution in [3.63, 3.8) is 0 Å². The topological polar surface area (TPSA) is 46.2 Å². The Morgan fingerprint density at radius 3 is 2.12 bits per heavy atom. The highest BCUT2D eigenvalue weighted by Gasteiger charge is 2.11. The van der Waals surface area contributed by atoms with Crippen LogP contribution in [0.5, 0.6) is 0 Å². The molecule has 1 aromatic carbocycles. The van der Waals surface area contributed by atoms with Crippen molar-refractivity contribution in [2.75, 3.05) is 0 Å². The van der Waals surface area contributed by atoms with Crippen LogP contribution in [0.2, 0.25) is 0 Å². The average Bonchev–Trinajstić information content (AvgIpc) is 2.60. The smallest absolute Gasteiger partial charge is 0.220 e. The Balaban J connectivity index is 2.06. The minimum atomic E-state index is -0.418. The van der Waals surface area contributed by atoms with E-state index in [4.69, 9.17) is 0 Å². The number of amides is 1. The summed E-state index contributed by atoms with van der Waals surface area (Å²) in [6.45, 7) is 2.24. The van der Waals surface area contributed by atoms with E-state index >= 15 is 0 Å². The number of aldehydes is 1. The molecule has 0 aliphatic rings. The number of hydrogen-bond donors (Lipinski definition) is 1. The number of hydrogen-bond acceptors (Lipinski definition) is 2. The van der Waals surface area contributed by atoms with Gasteiger partial charge in [0, 0.05) is 6.42 Å². The lowest BCUT2D eigenvalue weighted by Gasteiger charge is -2.12. The molecule has 0 aliphatic heterocycles. The zero-order valence-electron chi connectivity index (χ0n) is 15.1.